The number of aliphatic imine (C=N–C) groups is 1. The van der Waals surface area contributed by atoms with E-state index in [1.165, 1.54) is 5.56 Å². The number of rotatable bonds is 3. The lowest BCUT2D eigenvalue weighted by molar-refractivity contribution is 0.414. The van der Waals surface area contributed by atoms with Crippen LogP contribution in [0.5, 0.6) is 5.75 Å². The third kappa shape index (κ3) is 3.67. The van der Waals surface area contributed by atoms with Crippen LogP contribution in [0, 0.1) is 5.41 Å². The summed E-state index contributed by atoms with van der Waals surface area (Å²) >= 11 is 1.81. The lowest BCUT2D eigenvalue weighted by atomic mass is 9.97. The molecule has 98 valence electrons. The van der Waals surface area contributed by atoms with Crippen molar-refractivity contribution in [3.8, 4) is 5.75 Å². The summed E-state index contributed by atoms with van der Waals surface area (Å²) in [5, 5.41) is 4.44. The van der Waals surface area contributed by atoms with Gasteiger partial charge in [0.2, 0.25) is 0 Å². The van der Waals surface area contributed by atoms with E-state index in [1.54, 1.807) is 18.9 Å². The number of ether oxygens (including phenoxy) is 1. The molecule has 0 spiro atoms. The summed E-state index contributed by atoms with van der Waals surface area (Å²) < 4.78 is 5.21. The van der Waals surface area contributed by atoms with Gasteiger partial charge in [0.15, 0.2) is 5.17 Å². The number of hydrogen-bond acceptors (Lipinski definition) is 4. The van der Waals surface area contributed by atoms with E-state index in [1.807, 2.05) is 18.2 Å². The molecule has 1 aromatic carbocycles. The topological polar surface area (TPSA) is 33.6 Å². The summed E-state index contributed by atoms with van der Waals surface area (Å²) in [5.41, 5.74) is 1.54. The van der Waals surface area contributed by atoms with Crippen molar-refractivity contribution in [1.29, 1.82) is 0 Å². The van der Waals surface area contributed by atoms with E-state index in [9.17, 15) is 0 Å². The smallest absolute Gasteiger partial charge is 0.156 e. The molecular weight excluding hydrogens is 244 g/mol. The number of hydrogen-bond donors (Lipinski definition) is 1. The third-order valence-electron chi connectivity index (χ3n) is 2.83. The van der Waals surface area contributed by atoms with E-state index >= 15 is 0 Å². The number of benzene rings is 1. The maximum atomic E-state index is 5.21. The molecule has 0 radical (unpaired) electrons. The van der Waals surface area contributed by atoms with E-state index in [2.05, 4.69) is 30.2 Å². The molecule has 4 heteroatoms. The Labute approximate surface area is 113 Å². The SMILES string of the molecule is COc1cccc(CNC2=NCC(C)(C)CS2)c1. The van der Waals surface area contributed by atoms with Gasteiger partial charge in [0.25, 0.3) is 0 Å². The molecule has 0 unspecified atom stereocenters. The van der Waals surface area contributed by atoms with Crippen LogP contribution in [-0.4, -0.2) is 24.6 Å². The van der Waals surface area contributed by atoms with Crippen LogP contribution in [0.1, 0.15) is 19.4 Å². The quantitative estimate of drug-likeness (QED) is 0.911. The molecule has 1 aliphatic rings. The number of amidine groups is 1. The minimum Gasteiger partial charge on any atom is -0.497 e. The predicted molar refractivity (Wildman–Crippen MR) is 78.4 cm³/mol. The van der Waals surface area contributed by atoms with Crippen LogP contribution in [0.4, 0.5) is 0 Å². The van der Waals surface area contributed by atoms with E-state index in [4.69, 9.17) is 4.74 Å². The zero-order valence-electron chi connectivity index (χ0n) is 11.2. The van der Waals surface area contributed by atoms with Crippen molar-refractivity contribution in [3.05, 3.63) is 29.8 Å². The molecule has 1 N–H and O–H groups in total. The standard InChI is InChI=1S/C14H20N2OS/c1-14(2)9-16-13(18-10-14)15-8-11-5-4-6-12(7-11)17-3/h4-7H,8-10H2,1-3H3,(H,15,16). The summed E-state index contributed by atoms with van der Waals surface area (Å²) in [6, 6.07) is 8.10. The second-order valence-corrected chi connectivity index (χ2v) is 6.24. The fourth-order valence-electron chi connectivity index (χ4n) is 1.71. The van der Waals surface area contributed by atoms with Crippen LogP contribution < -0.4 is 10.1 Å². The van der Waals surface area contributed by atoms with Crippen molar-refractivity contribution < 1.29 is 4.74 Å². The normalized spacial score (nSPS) is 18.1. The highest BCUT2D eigenvalue weighted by molar-refractivity contribution is 8.13. The summed E-state index contributed by atoms with van der Waals surface area (Å²) in [6.45, 7) is 6.20. The van der Waals surface area contributed by atoms with Gasteiger partial charge in [0.1, 0.15) is 5.75 Å². The molecule has 0 amide bonds. The van der Waals surface area contributed by atoms with Crippen molar-refractivity contribution in [1.82, 2.24) is 5.32 Å². The van der Waals surface area contributed by atoms with E-state index in [0.717, 1.165) is 29.8 Å². The molecule has 18 heavy (non-hydrogen) atoms. The second kappa shape index (κ2) is 5.65. The lowest BCUT2D eigenvalue weighted by Crippen LogP contribution is -2.30. The van der Waals surface area contributed by atoms with Gasteiger partial charge in [0, 0.05) is 18.8 Å². The highest BCUT2D eigenvalue weighted by atomic mass is 32.2. The molecule has 0 aromatic heterocycles. The van der Waals surface area contributed by atoms with Crippen LogP contribution in [0.2, 0.25) is 0 Å². The molecule has 0 fully saturated rings. The first-order chi connectivity index (χ1) is 8.59. The van der Waals surface area contributed by atoms with Crippen molar-refractivity contribution in [3.63, 3.8) is 0 Å². The molecule has 0 bridgehead atoms. The first-order valence-electron chi connectivity index (χ1n) is 6.13. The Kier molecular flexibility index (Phi) is 4.17. The van der Waals surface area contributed by atoms with Crippen molar-refractivity contribution in [2.24, 2.45) is 10.4 Å². The van der Waals surface area contributed by atoms with E-state index in [0.29, 0.717) is 5.41 Å². The summed E-state index contributed by atoms with van der Waals surface area (Å²) in [7, 11) is 1.69. The molecule has 0 saturated heterocycles. The Morgan fingerprint density at radius 2 is 2.28 bits per heavy atom. The maximum absolute atomic E-state index is 5.21. The Bertz CT molecular complexity index is 443. The monoisotopic (exact) mass is 264 g/mol. The molecular formula is C14H20N2OS. The second-order valence-electron chi connectivity index (χ2n) is 5.28. The van der Waals surface area contributed by atoms with Crippen molar-refractivity contribution in [2.75, 3.05) is 19.4 Å². The van der Waals surface area contributed by atoms with E-state index in [-0.39, 0.29) is 0 Å². The summed E-state index contributed by atoms with van der Waals surface area (Å²) in [5.74, 6) is 2.02. The predicted octanol–water partition coefficient (Wildman–Crippen LogP) is 2.91. The van der Waals surface area contributed by atoms with Gasteiger partial charge in [0.05, 0.1) is 7.11 Å². The van der Waals surface area contributed by atoms with Crippen molar-refractivity contribution >= 4 is 16.9 Å². The zero-order valence-corrected chi connectivity index (χ0v) is 12.0. The largest absolute Gasteiger partial charge is 0.497 e. The zero-order chi connectivity index (χ0) is 13.0. The number of nitrogens with zero attached hydrogens (tertiary/aromatic N) is 1. The molecule has 1 aliphatic heterocycles. The summed E-state index contributed by atoms with van der Waals surface area (Å²) in [6.07, 6.45) is 0. The average molecular weight is 264 g/mol. The fourth-order valence-corrected chi connectivity index (χ4v) is 2.66. The van der Waals surface area contributed by atoms with Crippen LogP contribution in [0.25, 0.3) is 0 Å². The van der Waals surface area contributed by atoms with Gasteiger partial charge in [-0.2, -0.15) is 0 Å². The first-order valence-corrected chi connectivity index (χ1v) is 7.12. The molecule has 0 atom stereocenters. The van der Waals surface area contributed by atoms with Crippen molar-refractivity contribution in [2.45, 2.75) is 20.4 Å². The molecule has 0 saturated carbocycles. The Morgan fingerprint density at radius 1 is 1.44 bits per heavy atom. The Balaban J connectivity index is 1.90. The molecule has 0 aliphatic carbocycles. The van der Waals surface area contributed by atoms with Gasteiger partial charge in [-0.1, -0.05) is 37.7 Å². The van der Waals surface area contributed by atoms with E-state index < -0.39 is 0 Å². The average Bonchev–Trinajstić information content (AvgIpc) is 2.38. The van der Waals surface area contributed by atoms with Crippen LogP contribution in [0.3, 0.4) is 0 Å². The third-order valence-corrected chi connectivity index (χ3v) is 4.30. The number of thioether (sulfide) groups is 1. The summed E-state index contributed by atoms with van der Waals surface area (Å²) in [4.78, 5) is 4.58. The molecule has 3 nitrogen and oxygen atoms in total. The Morgan fingerprint density at radius 3 is 2.94 bits per heavy atom. The highest BCUT2D eigenvalue weighted by Crippen LogP contribution is 2.27. The molecule has 1 aromatic rings. The van der Waals surface area contributed by atoms with Gasteiger partial charge >= 0.3 is 0 Å². The van der Waals surface area contributed by atoms with Crippen LogP contribution >= 0.6 is 11.8 Å². The van der Waals surface area contributed by atoms with Gasteiger partial charge in [-0.25, -0.2) is 0 Å². The van der Waals surface area contributed by atoms with Gasteiger partial charge in [-0.05, 0) is 23.1 Å². The minimum atomic E-state index is 0.325. The Hall–Kier alpha value is -1.16. The maximum Gasteiger partial charge on any atom is 0.156 e. The molecule has 2 rings (SSSR count). The van der Waals surface area contributed by atoms with Gasteiger partial charge in [-0.15, -0.1) is 0 Å². The number of methoxy groups -OCH3 is 1. The highest BCUT2D eigenvalue weighted by Gasteiger charge is 2.23. The fraction of sp³-hybridized carbons (Fsp3) is 0.500. The number of nitrogens with one attached hydrogen (secondary N) is 1. The first kappa shape index (κ1) is 13.3. The minimum absolute atomic E-state index is 0.325. The van der Waals surface area contributed by atoms with Gasteiger partial charge < -0.3 is 10.1 Å². The molecule has 1 heterocycles. The lowest BCUT2D eigenvalue weighted by Gasteiger charge is -2.27. The van der Waals surface area contributed by atoms with Crippen LogP contribution in [-0.2, 0) is 6.54 Å². The van der Waals surface area contributed by atoms with Gasteiger partial charge in [-0.3, -0.25) is 4.99 Å². The van der Waals surface area contributed by atoms with Crippen LogP contribution in [0.15, 0.2) is 29.3 Å².